The molecule has 3 rings (SSSR count). The summed E-state index contributed by atoms with van der Waals surface area (Å²) in [6, 6.07) is 2.03. The molecule has 8 nitrogen and oxygen atoms in total. The highest BCUT2D eigenvalue weighted by Gasteiger charge is 2.23. The van der Waals surface area contributed by atoms with Crippen LogP contribution in [0.3, 0.4) is 0 Å². The smallest absolute Gasteiger partial charge is 0.344 e. The Morgan fingerprint density at radius 3 is 2.46 bits per heavy atom. The van der Waals surface area contributed by atoms with Crippen molar-refractivity contribution in [3.05, 3.63) is 33.8 Å². The lowest BCUT2D eigenvalue weighted by molar-refractivity contribution is -0.380. The Hall–Kier alpha value is -2.29. The molecule has 128 valence electrons. The van der Waals surface area contributed by atoms with E-state index in [0.29, 0.717) is 11.0 Å². The van der Waals surface area contributed by atoms with Crippen molar-refractivity contribution in [2.24, 2.45) is 0 Å². The van der Waals surface area contributed by atoms with E-state index in [1.54, 1.807) is 0 Å². The summed E-state index contributed by atoms with van der Waals surface area (Å²) in [4.78, 5) is 28.0. The summed E-state index contributed by atoms with van der Waals surface area (Å²) in [7, 11) is 0. The zero-order chi connectivity index (χ0) is 17.3. The Morgan fingerprint density at radius 1 is 1.21 bits per heavy atom. The molecular weight excluding hydrogens is 328 g/mol. The number of rotatable bonds is 4. The van der Waals surface area contributed by atoms with Crippen LogP contribution in [-0.2, 0) is 0 Å². The zero-order valence-corrected chi connectivity index (χ0v) is 14.8. The first kappa shape index (κ1) is 16.6. The van der Waals surface area contributed by atoms with Crippen LogP contribution in [0.25, 0.3) is 0 Å². The fraction of sp³-hybridized carbons (Fsp3) is 0.533. The molecular formula is C15H20N6O2S. The highest BCUT2D eigenvalue weighted by Crippen LogP contribution is 2.29. The molecule has 3 heterocycles. The van der Waals surface area contributed by atoms with Gasteiger partial charge in [-0.25, -0.2) is 15.0 Å². The first-order valence-corrected chi connectivity index (χ1v) is 8.71. The molecule has 0 atom stereocenters. The van der Waals surface area contributed by atoms with Crippen molar-refractivity contribution in [1.29, 1.82) is 0 Å². The lowest BCUT2D eigenvalue weighted by Crippen LogP contribution is -2.47. The minimum absolute atomic E-state index is 0.0797. The van der Waals surface area contributed by atoms with Crippen molar-refractivity contribution in [2.45, 2.75) is 26.7 Å². The van der Waals surface area contributed by atoms with Gasteiger partial charge in [-0.15, -0.1) is 0 Å². The van der Waals surface area contributed by atoms with Crippen molar-refractivity contribution < 1.29 is 4.92 Å². The normalized spacial score (nSPS) is 15.2. The third-order valence-corrected chi connectivity index (χ3v) is 4.96. The summed E-state index contributed by atoms with van der Waals surface area (Å²) in [6.45, 7) is 9.28. The molecule has 0 unspecified atom stereocenters. The Kier molecular flexibility index (Phi) is 4.61. The Balaban J connectivity index is 1.69. The SMILES string of the molecule is Cc1cc(C(C)C)nc(N2CCN(c3ncc([N+](=O)[O-])s3)CC2)n1. The van der Waals surface area contributed by atoms with Gasteiger partial charge in [-0.3, -0.25) is 10.1 Å². The molecule has 1 aliphatic heterocycles. The molecule has 1 saturated heterocycles. The van der Waals surface area contributed by atoms with Crippen LogP contribution in [0.15, 0.2) is 12.3 Å². The van der Waals surface area contributed by atoms with E-state index < -0.39 is 4.92 Å². The Labute approximate surface area is 144 Å². The maximum Gasteiger partial charge on any atom is 0.345 e. The number of hydrogen-bond acceptors (Lipinski definition) is 8. The molecule has 0 amide bonds. The van der Waals surface area contributed by atoms with Crippen LogP contribution in [0.2, 0.25) is 0 Å². The van der Waals surface area contributed by atoms with E-state index in [0.717, 1.165) is 54.9 Å². The molecule has 9 heteroatoms. The molecule has 0 radical (unpaired) electrons. The number of nitro groups is 1. The van der Waals surface area contributed by atoms with Gasteiger partial charge in [-0.05, 0) is 30.2 Å². The quantitative estimate of drug-likeness (QED) is 0.620. The molecule has 1 fully saturated rings. The molecule has 24 heavy (non-hydrogen) atoms. The van der Waals surface area contributed by atoms with E-state index in [9.17, 15) is 10.1 Å². The lowest BCUT2D eigenvalue weighted by Gasteiger charge is -2.34. The molecule has 0 N–H and O–H groups in total. The standard InChI is InChI=1S/C15H20N6O2S/c1-10(2)12-8-11(3)17-14(18-12)19-4-6-20(7-5-19)15-16-9-13(24-15)21(22)23/h8-10H,4-7H2,1-3H3. The van der Waals surface area contributed by atoms with Crippen LogP contribution in [0.1, 0.15) is 31.2 Å². The predicted octanol–water partition coefficient (Wildman–Crippen LogP) is 2.60. The second kappa shape index (κ2) is 6.68. The molecule has 0 saturated carbocycles. The van der Waals surface area contributed by atoms with Crippen LogP contribution < -0.4 is 9.80 Å². The van der Waals surface area contributed by atoms with E-state index >= 15 is 0 Å². The van der Waals surface area contributed by atoms with Crippen LogP contribution in [0, 0.1) is 17.0 Å². The number of hydrogen-bond donors (Lipinski definition) is 0. The van der Waals surface area contributed by atoms with Gasteiger partial charge in [0.05, 0.1) is 4.92 Å². The van der Waals surface area contributed by atoms with E-state index in [2.05, 4.69) is 38.6 Å². The minimum Gasteiger partial charge on any atom is -0.344 e. The van der Waals surface area contributed by atoms with Crippen LogP contribution >= 0.6 is 11.3 Å². The van der Waals surface area contributed by atoms with Crippen molar-refractivity contribution in [3.8, 4) is 0 Å². The monoisotopic (exact) mass is 348 g/mol. The van der Waals surface area contributed by atoms with Crippen molar-refractivity contribution >= 4 is 27.4 Å². The number of thiazole rings is 1. The first-order valence-electron chi connectivity index (χ1n) is 7.89. The average Bonchev–Trinajstić information content (AvgIpc) is 3.04. The third-order valence-electron chi connectivity index (χ3n) is 3.95. The largest absolute Gasteiger partial charge is 0.345 e. The van der Waals surface area contributed by atoms with E-state index in [1.807, 2.05) is 13.0 Å². The number of nitrogens with zero attached hydrogens (tertiary/aromatic N) is 6. The third kappa shape index (κ3) is 3.45. The number of aryl methyl sites for hydroxylation is 1. The van der Waals surface area contributed by atoms with Gasteiger partial charge in [0.2, 0.25) is 5.95 Å². The maximum atomic E-state index is 10.8. The average molecular weight is 348 g/mol. The summed E-state index contributed by atoms with van der Waals surface area (Å²) in [5, 5.41) is 11.6. The fourth-order valence-electron chi connectivity index (χ4n) is 2.60. The second-order valence-corrected chi connectivity index (χ2v) is 7.09. The van der Waals surface area contributed by atoms with Gasteiger partial charge in [0, 0.05) is 37.6 Å². The van der Waals surface area contributed by atoms with Crippen LogP contribution in [-0.4, -0.2) is 46.1 Å². The predicted molar refractivity (Wildman–Crippen MR) is 94.1 cm³/mol. The van der Waals surface area contributed by atoms with E-state index in [4.69, 9.17) is 0 Å². The molecule has 1 aliphatic rings. The molecule has 0 aromatic carbocycles. The van der Waals surface area contributed by atoms with Gasteiger partial charge >= 0.3 is 5.00 Å². The van der Waals surface area contributed by atoms with Gasteiger partial charge in [0.25, 0.3) is 0 Å². The number of piperazine rings is 1. The zero-order valence-electron chi connectivity index (χ0n) is 14.0. The molecule has 0 aliphatic carbocycles. The van der Waals surface area contributed by atoms with Gasteiger partial charge in [0.15, 0.2) is 5.13 Å². The lowest BCUT2D eigenvalue weighted by atomic mass is 10.1. The number of anilines is 2. The summed E-state index contributed by atoms with van der Waals surface area (Å²) in [5.41, 5.74) is 2.03. The minimum atomic E-state index is -0.397. The van der Waals surface area contributed by atoms with Gasteiger partial charge in [-0.1, -0.05) is 13.8 Å². The maximum absolute atomic E-state index is 10.8. The fourth-order valence-corrected chi connectivity index (χ4v) is 3.38. The van der Waals surface area contributed by atoms with Crippen molar-refractivity contribution in [2.75, 3.05) is 36.0 Å². The Bertz CT molecular complexity index is 739. The highest BCUT2D eigenvalue weighted by molar-refractivity contribution is 7.18. The van der Waals surface area contributed by atoms with Gasteiger partial charge < -0.3 is 9.80 Å². The number of aromatic nitrogens is 3. The molecule has 2 aromatic heterocycles. The Morgan fingerprint density at radius 2 is 1.88 bits per heavy atom. The van der Waals surface area contributed by atoms with Crippen molar-refractivity contribution in [3.63, 3.8) is 0 Å². The highest BCUT2D eigenvalue weighted by atomic mass is 32.1. The summed E-state index contributed by atoms with van der Waals surface area (Å²) >= 11 is 1.12. The van der Waals surface area contributed by atoms with Crippen LogP contribution in [0.4, 0.5) is 16.1 Å². The first-order chi connectivity index (χ1) is 11.4. The van der Waals surface area contributed by atoms with Crippen LogP contribution in [0.5, 0.6) is 0 Å². The van der Waals surface area contributed by atoms with E-state index in [1.165, 1.54) is 6.20 Å². The summed E-state index contributed by atoms with van der Waals surface area (Å²) in [5.74, 6) is 1.13. The summed E-state index contributed by atoms with van der Waals surface area (Å²) < 4.78 is 0. The van der Waals surface area contributed by atoms with Gasteiger partial charge in [0.1, 0.15) is 6.20 Å². The second-order valence-electron chi connectivity index (χ2n) is 6.10. The van der Waals surface area contributed by atoms with E-state index in [-0.39, 0.29) is 5.00 Å². The van der Waals surface area contributed by atoms with Crippen molar-refractivity contribution in [1.82, 2.24) is 15.0 Å². The molecule has 0 spiro atoms. The topological polar surface area (TPSA) is 88.3 Å². The molecule has 0 bridgehead atoms. The molecule has 2 aromatic rings. The van der Waals surface area contributed by atoms with Gasteiger partial charge in [-0.2, -0.15) is 0 Å². The summed E-state index contributed by atoms with van der Waals surface area (Å²) in [6.07, 6.45) is 1.32.